The summed E-state index contributed by atoms with van der Waals surface area (Å²) in [7, 11) is 0. The van der Waals surface area contributed by atoms with E-state index in [0.29, 0.717) is 29.6 Å². The van der Waals surface area contributed by atoms with Crippen LogP contribution in [0.4, 0.5) is 11.6 Å². The zero-order valence-electron chi connectivity index (χ0n) is 13.8. The lowest BCUT2D eigenvalue weighted by molar-refractivity contribution is 0.0950. The van der Waals surface area contributed by atoms with Gasteiger partial charge in [-0.15, -0.1) is 0 Å². The third-order valence-electron chi connectivity index (χ3n) is 3.84. The van der Waals surface area contributed by atoms with Crippen LogP contribution in [-0.2, 0) is 6.54 Å². The Hall–Kier alpha value is -3.61. The van der Waals surface area contributed by atoms with Crippen molar-refractivity contribution in [1.82, 2.24) is 15.3 Å². The van der Waals surface area contributed by atoms with Gasteiger partial charge in [-0.1, -0.05) is 30.3 Å². The Morgan fingerprint density at radius 3 is 2.58 bits per heavy atom. The normalized spacial score (nSPS) is 11.8. The number of benzene rings is 2. The van der Waals surface area contributed by atoms with Gasteiger partial charge in [0.05, 0.1) is 5.56 Å². The van der Waals surface area contributed by atoms with Gasteiger partial charge in [0.25, 0.3) is 5.91 Å². The van der Waals surface area contributed by atoms with Crippen molar-refractivity contribution in [3.63, 3.8) is 0 Å². The number of ether oxygens (including phenoxy) is 2. The number of amides is 1. The van der Waals surface area contributed by atoms with Crippen LogP contribution in [0.5, 0.6) is 11.5 Å². The molecule has 7 nitrogen and oxygen atoms in total. The van der Waals surface area contributed by atoms with E-state index in [0.717, 1.165) is 11.3 Å². The first-order valence-corrected chi connectivity index (χ1v) is 8.09. The molecule has 0 saturated heterocycles. The molecule has 0 saturated carbocycles. The van der Waals surface area contributed by atoms with E-state index >= 15 is 0 Å². The first kappa shape index (κ1) is 15.9. The summed E-state index contributed by atoms with van der Waals surface area (Å²) in [4.78, 5) is 20.6. The van der Waals surface area contributed by atoms with E-state index in [4.69, 9.17) is 9.47 Å². The fraction of sp³-hybridized carbons (Fsp3) is 0.105. The average molecular weight is 348 g/mol. The van der Waals surface area contributed by atoms with Gasteiger partial charge < -0.3 is 20.1 Å². The first-order chi connectivity index (χ1) is 12.8. The SMILES string of the molecule is O=C(NCc1ccccc1)c1cnc(Nc2ccc3c(c2)OCO3)nc1. The second-order valence-corrected chi connectivity index (χ2v) is 5.66. The Kier molecular flexibility index (Phi) is 4.34. The highest BCUT2D eigenvalue weighted by Crippen LogP contribution is 2.34. The molecule has 0 fully saturated rings. The van der Waals surface area contributed by atoms with E-state index in [1.807, 2.05) is 48.5 Å². The summed E-state index contributed by atoms with van der Waals surface area (Å²) in [6.07, 6.45) is 2.98. The summed E-state index contributed by atoms with van der Waals surface area (Å²) >= 11 is 0. The largest absolute Gasteiger partial charge is 0.454 e. The molecule has 0 atom stereocenters. The molecule has 0 spiro atoms. The summed E-state index contributed by atoms with van der Waals surface area (Å²) in [6.45, 7) is 0.680. The molecule has 0 unspecified atom stereocenters. The third kappa shape index (κ3) is 3.56. The zero-order chi connectivity index (χ0) is 17.8. The van der Waals surface area contributed by atoms with E-state index in [1.54, 1.807) is 0 Å². The van der Waals surface area contributed by atoms with E-state index in [-0.39, 0.29) is 12.7 Å². The molecule has 7 heteroatoms. The van der Waals surface area contributed by atoms with Crippen molar-refractivity contribution in [1.29, 1.82) is 0 Å². The van der Waals surface area contributed by atoms with Gasteiger partial charge >= 0.3 is 0 Å². The van der Waals surface area contributed by atoms with Gasteiger partial charge in [-0.05, 0) is 17.7 Å². The first-order valence-electron chi connectivity index (χ1n) is 8.09. The second kappa shape index (κ2) is 7.10. The number of hydrogen-bond donors (Lipinski definition) is 2. The monoisotopic (exact) mass is 348 g/mol. The Morgan fingerprint density at radius 1 is 1.00 bits per heavy atom. The molecule has 0 radical (unpaired) electrons. The number of carbonyl (C=O) groups is 1. The van der Waals surface area contributed by atoms with E-state index in [1.165, 1.54) is 12.4 Å². The molecule has 1 aliphatic rings. The van der Waals surface area contributed by atoms with E-state index in [2.05, 4.69) is 20.6 Å². The summed E-state index contributed by atoms with van der Waals surface area (Å²) in [6, 6.07) is 15.2. The van der Waals surface area contributed by atoms with Crippen LogP contribution in [0.3, 0.4) is 0 Å². The lowest BCUT2D eigenvalue weighted by Gasteiger charge is -2.07. The maximum atomic E-state index is 12.2. The van der Waals surface area contributed by atoms with Crippen molar-refractivity contribution in [3.8, 4) is 11.5 Å². The van der Waals surface area contributed by atoms with Gasteiger partial charge in [0.15, 0.2) is 11.5 Å². The Balaban J connectivity index is 1.38. The highest BCUT2D eigenvalue weighted by atomic mass is 16.7. The Bertz CT molecular complexity index is 914. The number of rotatable bonds is 5. The van der Waals surface area contributed by atoms with E-state index < -0.39 is 0 Å². The molecule has 1 aliphatic heterocycles. The summed E-state index contributed by atoms with van der Waals surface area (Å²) in [5.41, 5.74) is 2.20. The highest BCUT2D eigenvalue weighted by molar-refractivity contribution is 5.93. The maximum absolute atomic E-state index is 12.2. The average Bonchev–Trinajstić information content (AvgIpc) is 3.15. The number of anilines is 2. The minimum atomic E-state index is -0.219. The number of carbonyl (C=O) groups excluding carboxylic acids is 1. The van der Waals surface area contributed by atoms with Crippen LogP contribution in [0, 0.1) is 0 Å². The molecule has 2 aromatic carbocycles. The minimum Gasteiger partial charge on any atom is -0.454 e. The van der Waals surface area contributed by atoms with Crippen LogP contribution < -0.4 is 20.1 Å². The van der Waals surface area contributed by atoms with Crippen LogP contribution in [0.15, 0.2) is 60.9 Å². The standard InChI is InChI=1S/C19H16N4O3/c24-18(20-9-13-4-2-1-3-5-13)14-10-21-19(22-11-14)23-15-6-7-16-17(8-15)26-12-25-16/h1-8,10-11H,9,12H2,(H,20,24)(H,21,22,23). The van der Waals surface area contributed by atoms with E-state index in [9.17, 15) is 4.79 Å². The van der Waals surface area contributed by atoms with Gasteiger partial charge in [0, 0.05) is 30.7 Å². The number of nitrogens with one attached hydrogen (secondary N) is 2. The van der Waals surface area contributed by atoms with Crippen molar-refractivity contribution in [2.24, 2.45) is 0 Å². The predicted molar refractivity (Wildman–Crippen MR) is 95.5 cm³/mol. The molecule has 2 N–H and O–H groups in total. The maximum Gasteiger partial charge on any atom is 0.254 e. The molecular formula is C19H16N4O3. The minimum absolute atomic E-state index is 0.219. The van der Waals surface area contributed by atoms with Crippen molar-refractivity contribution < 1.29 is 14.3 Å². The zero-order valence-corrected chi connectivity index (χ0v) is 13.8. The summed E-state index contributed by atoms with van der Waals surface area (Å²) < 4.78 is 10.6. The van der Waals surface area contributed by atoms with Crippen LogP contribution in [0.25, 0.3) is 0 Å². The van der Waals surface area contributed by atoms with Crippen molar-refractivity contribution >= 4 is 17.5 Å². The van der Waals surface area contributed by atoms with Crippen molar-refractivity contribution in [2.75, 3.05) is 12.1 Å². The van der Waals surface area contributed by atoms with Crippen molar-refractivity contribution in [2.45, 2.75) is 6.54 Å². The highest BCUT2D eigenvalue weighted by Gasteiger charge is 2.13. The Morgan fingerprint density at radius 2 is 1.77 bits per heavy atom. The van der Waals surface area contributed by atoms with Gasteiger partial charge in [-0.25, -0.2) is 9.97 Å². The van der Waals surface area contributed by atoms with Crippen molar-refractivity contribution in [3.05, 3.63) is 72.1 Å². The van der Waals surface area contributed by atoms with Crippen LogP contribution in [0.1, 0.15) is 15.9 Å². The summed E-state index contributed by atoms with van der Waals surface area (Å²) in [5.74, 6) is 1.56. The van der Waals surface area contributed by atoms with Crippen LogP contribution in [0.2, 0.25) is 0 Å². The number of aromatic nitrogens is 2. The fourth-order valence-electron chi connectivity index (χ4n) is 2.49. The quantitative estimate of drug-likeness (QED) is 0.737. The molecule has 1 aromatic heterocycles. The molecule has 0 aliphatic carbocycles. The number of hydrogen-bond acceptors (Lipinski definition) is 6. The summed E-state index contributed by atoms with van der Waals surface area (Å²) in [5, 5.41) is 5.91. The third-order valence-corrected chi connectivity index (χ3v) is 3.84. The topological polar surface area (TPSA) is 85.4 Å². The van der Waals surface area contributed by atoms with Crippen LogP contribution in [-0.4, -0.2) is 22.7 Å². The molecule has 0 bridgehead atoms. The smallest absolute Gasteiger partial charge is 0.254 e. The number of nitrogens with zero attached hydrogens (tertiary/aromatic N) is 2. The molecule has 26 heavy (non-hydrogen) atoms. The lowest BCUT2D eigenvalue weighted by Crippen LogP contribution is -2.23. The molecule has 130 valence electrons. The molecule has 1 amide bonds. The number of fused-ring (bicyclic) bond motifs is 1. The molecular weight excluding hydrogens is 332 g/mol. The molecule has 2 heterocycles. The Labute approximate surface area is 150 Å². The van der Waals surface area contributed by atoms with Gasteiger partial charge in [0.2, 0.25) is 12.7 Å². The second-order valence-electron chi connectivity index (χ2n) is 5.66. The lowest BCUT2D eigenvalue weighted by atomic mass is 10.2. The predicted octanol–water partition coefficient (Wildman–Crippen LogP) is 2.88. The van der Waals surface area contributed by atoms with Gasteiger partial charge in [0.1, 0.15) is 0 Å². The molecule has 3 aromatic rings. The van der Waals surface area contributed by atoms with Gasteiger partial charge in [-0.2, -0.15) is 0 Å². The van der Waals surface area contributed by atoms with Gasteiger partial charge in [-0.3, -0.25) is 4.79 Å². The molecule has 4 rings (SSSR count). The van der Waals surface area contributed by atoms with Crippen LogP contribution >= 0.6 is 0 Å². The fourth-order valence-corrected chi connectivity index (χ4v) is 2.49.